The minimum atomic E-state index is -0.273. The van der Waals surface area contributed by atoms with Crippen LogP contribution in [0.2, 0.25) is 0 Å². The van der Waals surface area contributed by atoms with Gasteiger partial charge >= 0.3 is 0 Å². The number of hydrogen-bond donors (Lipinski definition) is 1. The maximum atomic E-state index is 13.7. The van der Waals surface area contributed by atoms with Crippen molar-refractivity contribution < 1.29 is 14.3 Å². The van der Waals surface area contributed by atoms with Gasteiger partial charge in [0.05, 0.1) is 11.0 Å². The van der Waals surface area contributed by atoms with Crippen LogP contribution in [0.3, 0.4) is 0 Å². The van der Waals surface area contributed by atoms with E-state index in [4.69, 9.17) is 4.74 Å². The number of nitrogens with one attached hydrogen (secondary N) is 1. The molecule has 1 N–H and O–H groups in total. The highest BCUT2D eigenvalue weighted by molar-refractivity contribution is 5.85. The van der Waals surface area contributed by atoms with Crippen molar-refractivity contribution in [2.24, 2.45) is 5.41 Å². The standard InChI is InChI=1S/C21H33N3O3/c1-15(2)6-7-21(12-16-4-5-17(21)22-16)19(26)24-10-8-20(9-11-24)14-23(3)18(25)13-27-20/h6,16-17,22H,4-5,7-14H2,1-3H3/t16-,17+,21+/m0/s1. The van der Waals surface area contributed by atoms with Crippen LogP contribution in [0.1, 0.15) is 52.4 Å². The number of ether oxygens (including phenoxy) is 1. The Labute approximate surface area is 162 Å². The van der Waals surface area contributed by atoms with Crippen LogP contribution in [0.25, 0.3) is 0 Å². The van der Waals surface area contributed by atoms with E-state index >= 15 is 0 Å². The minimum absolute atomic E-state index is 0.0489. The fourth-order valence-electron chi connectivity index (χ4n) is 5.56. The number of morpholine rings is 1. The van der Waals surface area contributed by atoms with Gasteiger partial charge in [0.1, 0.15) is 6.61 Å². The number of likely N-dealkylation sites (N-methyl/N-ethyl adjacent to an activating group) is 1. The Morgan fingerprint density at radius 3 is 2.59 bits per heavy atom. The first-order valence-corrected chi connectivity index (χ1v) is 10.4. The molecular weight excluding hydrogens is 342 g/mol. The van der Waals surface area contributed by atoms with Gasteiger partial charge < -0.3 is 19.9 Å². The first-order valence-electron chi connectivity index (χ1n) is 10.4. The molecule has 2 bridgehead atoms. The number of likely N-dealkylation sites (tertiary alicyclic amines) is 1. The summed E-state index contributed by atoms with van der Waals surface area (Å²) in [5.74, 6) is 0.377. The van der Waals surface area contributed by atoms with Gasteiger partial charge in [-0.15, -0.1) is 0 Å². The predicted molar refractivity (Wildman–Crippen MR) is 103 cm³/mol. The van der Waals surface area contributed by atoms with Crippen LogP contribution in [0.5, 0.6) is 0 Å². The number of carbonyl (C=O) groups is 2. The summed E-state index contributed by atoms with van der Waals surface area (Å²) in [4.78, 5) is 29.2. The molecule has 0 saturated carbocycles. The Kier molecular flexibility index (Phi) is 4.83. The fourth-order valence-corrected chi connectivity index (χ4v) is 5.56. The van der Waals surface area contributed by atoms with Gasteiger partial charge in [0.25, 0.3) is 0 Å². The van der Waals surface area contributed by atoms with Crippen molar-refractivity contribution in [3.05, 3.63) is 11.6 Å². The van der Waals surface area contributed by atoms with E-state index in [-0.39, 0.29) is 23.5 Å². The van der Waals surface area contributed by atoms with Gasteiger partial charge in [-0.25, -0.2) is 0 Å². The zero-order valence-corrected chi connectivity index (χ0v) is 16.9. The number of amides is 2. The summed E-state index contributed by atoms with van der Waals surface area (Å²) in [5, 5.41) is 3.68. The third-order valence-corrected chi connectivity index (χ3v) is 7.23. The molecule has 4 fully saturated rings. The van der Waals surface area contributed by atoms with Crippen LogP contribution < -0.4 is 5.32 Å². The van der Waals surface area contributed by atoms with Crippen molar-refractivity contribution in [3.63, 3.8) is 0 Å². The predicted octanol–water partition coefficient (Wildman–Crippen LogP) is 1.70. The Morgan fingerprint density at radius 1 is 1.30 bits per heavy atom. The van der Waals surface area contributed by atoms with Gasteiger partial charge in [0, 0.05) is 38.8 Å². The van der Waals surface area contributed by atoms with Crippen molar-refractivity contribution in [3.8, 4) is 0 Å². The summed E-state index contributed by atoms with van der Waals surface area (Å²) in [6.07, 6.45) is 8.00. The highest BCUT2D eigenvalue weighted by atomic mass is 16.5. The molecule has 0 unspecified atom stereocenters. The van der Waals surface area contributed by atoms with E-state index in [0.29, 0.717) is 24.5 Å². The molecule has 27 heavy (non-hydrogen) atoms. The lowest BCUT2D eigenvalue weighted by molar-refractivity contribution is -0.173. The second-order valence-electron chi connectivity index (χ2n) is 9.35. The lowest BCUT2D eigenvalue weighted by Crippen LogP contribution is -2.60. The molecule has 4 heterocycles. The molecule has 4 rings (SSSR count). The molecule has 6 nitrogen and oxygen atoms in total. The molecular formula is C21H33N3O3. The van der Waals surface area contributed by atoms with Crippen LogP contribution in [0, 0.1) is 5.41 Å². The van der Waals surface area contributed by atoms with Crippen molar-refractivity contribution >= 4 is 11.8 Å². The van der Waals surface area contributed by atoms with Crippen molar-refractivity contribution in [2.75, 3.05) is 33.3 Å². The first kappa shape index (κ1) is 18.9. The number of carbonyl (C=O) groups excluding carboxylic acids is 2. The maximum absolute atomic E-state index is 13.7. The molecule has 4 saturated heterocycles. The summed E-state index contributed by atoms with van der Waals surface area (Å²) in [5.41, 5.74) is 0.746. The number of hydrogen-bond acceptors (Lipinski definition) is 4. The monoisotopic (exact) mass is 375 g/mol. The number of rotatable bonds is 3. The molecule has 4 aliphatic heterocycles. The summed E-state index contributed by atoms with van der Waals surface area (Å²) >= 11 is 0. The van der Waals surface area contributed by atoms with Gasteiger partial charge in [-0.3, -0.25) is 9.59 Å². The zero-order chi connectivity index (χ0) is 19.2. The second-order valence-corrected chi connectivity index (χ2v) is 9.35. The number of nitrogens with zero attached hydrogens (tertiary/aromatic N) is 2. The normalized spacial score (nSPS) is 35.0. The van der Waals surface area contributed by atoms with Crippen molar-refractivity contribution in [1.29, 1.82) is 0 Å². The highest BCUT2D eigenvalue weighted by Gasteiger charge is 2.56. The van der Waals surface area contributed by atoms with Gasteiger partial charge in [0.15, 0.2) is 0 Å². The molecule has 3 atom stereocenters. The van der Waals surface area contributed by atoms with E-state index in [9.17, 15) is 9.59 Å². The average Bonchev–Trinajstić information content (AvgIpc) is 3.25. The van der Waals surface area contributed by atoms with E-state index in [1.807, 2.05) is 7.05 Å². The molecule has 2 amide bonds. The van der Waals surface area contributed by atoms with E-state index in [2.05, 4.69) is 30.1 Å². The zero-order valence-electron chi connectivity index (χ0n) is 16.9. The van der Waals surface area contributed by atoms with Crippen LogP contribution in [0.15, 0.2) is 11.6 Å². The van der Waals surface area contributed by atoms with Crippen LogP contribution >= 0.6 is 0 Å². The molecule has 150 valence electrons. The Bertz CT molecular complexity index is 649. The third-order valence-electron chi connectivity index (χ3n) is 7.23. The highest BCUT2D eigenvalue weighted by Crippen LogP contribution is 2.48. The van der Waals surface area contributed by atoms with E-state index in [1.165, 1.54) is 12.0 Å². The Morgan fingerprint density at radius 2 is 2.04 bits per heavy atom. The first-order chi connectivity index (χ1) is 12.8. The van der Waals surface area contributed by atoms with Gasteiger partial charge in [0.2, 0.25) is 11.8 Å². The molecule has 0 aromatic carbocycles. The minimum Gasteiger partial charge on any atom is -0.363 e. The number of fused-ring (bicyclic) bond motifs is 2. The summed E-state index contributed by atoms with van der Waals surface area (Å²) in [7, 11) is 1.85. The lowest BCUT2D eigenvalue weighted by atomic mass is 9.69. The third kappa shape index (κ3) is 3.31. The van der Waals surface area contributed by atoms with E-state index in [1.54, 1.807) is 4.90 Å². The SMILES string of the molecule is CC(C)=CC[C@@]1(C(=O)N2CCC3(CC2)CN(C)C(=O)CO3)C[C@@H]2CC[C@H]1N2. The molecule has 4 aliphatic rings. The molecule has 0 aromatic rings. The number of allylic oxidation sites excluding steroid dienone is 2. The largest absolute Gasteiger partial charge is 0.363 e. The summed E-state index contributed by atoms with van der Waals surface area (Å²) < 4.78 is 5.95. The molecule has 0 aliphatic carbocycles. The van der Waals surface area contributed by atoms with Crippen molar-refractivity contribution in [2.45, 2.75) is 70.1 Å². The summed E-state index contributed by atoms with van der Waals surface area (Å²) in [6.45, 7) is 6.50. The lowest BCUT2D eigenvalue weighted by Gasteiger charge is -2.48. The molecule has 6 heteroatoms. The van der Waals surface area contributed by atoms with Gasteiger partial charge in [-0.1, -0.05) is 11.6 Å². The van der Waals surface area contributed by atoms with Crippen LogP contribution in [-0.4, -0.2) is 72.6 Å². The maximum Gasteiger partial charge on any atom is 0.248 e. The quantitative estimate of drug-likeness (QED) is 0.763. The van der Waals surface area contributed by atoms with Gasteiger partial charge in [-0.05, 0) is 52.4 Å². The van der Waals surface area contributed by atoms with E-state index in [0.717, 1.165) is 45.2 Å². The van der Waals surface area contributed by atoms with Crippen LogP contribution in [-0.2, 0) is 14.3 Å². The summed E-state index contributed by atoms with van der Waals surface area (Å²) in [6, 6.07) is 0.818. The molecule has 0 aromatic heterocycles. The second kappa shape index (κ2) is 6.89. The number of piperidine rings is 1. The topological polar surface area (TPSA) is 61.9 Å². The smallest absolute Gasteiger partial charge is 0.248 e. The average molecular weight is 376 g/mol. The Hall–Kier alpha value is -1.40. The molecule has 1 spiro atoms. The molecule has 0 radical (unpaired) electrons. The van der Waals surface area contributed by atoms with Gasteiger partial charge in [-0.2, -0.15) is 0 Å². The van der Waals surface area contributed by atoms with E-state index < -0.39 is 0 Å². The van der Waals surface area contributed by atoms with Crippen LogP contribution in [0.4, 0.5) is 0 Å². The Balaban J connectivity index is 1.46. The van der Waals surface area contributed by atoms with Crippen molar-refractivity contribution in [1.82, 2.24) is 15.1 Å². The fraction of sp³-hybridized carbons (Fsp3) is 0.810.